The van der Waals surface area contributed by atoms with Crippen molar-refractivity contribution in [2.45, 2.75) is 24.9 Å². The van der Waals surface area contributed by atoms with Crippen molar-refractivity contribution in [3.63, 3.8) is 0 Å². The molecule has 1 aliphatic rings. The van der Waals surface area contributed by atoms with Gasteiger partial charge in [-0.2, -0.15) is 0 Å². The summed E-state index contributed by atoms with van der Waals surface area (Å²) in [6, 6.07) is 9.99. The summed E-state index contributed by atoms with van der Waals surface area (Å²) in [4.78, 5) is 0. The highest BCUT2D eigenvalue weighted by Gasteiger charge is 2.38. The first-order valence-corrected chi connectivity index (χ1v) is 5.14. The molecule has 1 saturated heterocycles. The molecule has 1 N–H and O–H groups in total. The van der Waals surface area contributed by atoms with Crippen LogP contribution in [0.25, 0.3) is 0 Å². The summed E-state index contributed by atoms with van der Waals surface area (Å²) < 4.78 is 13.9. The van der Waals surface area contributed by atoms with Crippen LogP contribution in [0.4, 0.5) is 4.39 Å². The molecule has 0 aromatic heterocycles. The van der Waals surface area contributed by atoms with Crippen molar-refractivity contribution >= 4 is 0 Å². The number of benzene rings is 1. The van der Waals surface area contributed by atoms with Gasteiger partial charge in [-0.3, -0.25) is 0 Å². The zero-order chi connectivity index (χ0) is 10.0. The summed E-state index contributed by atoms with van der Waals surface area (Å²) in [6.07, 6.45) is 0.0942. The van der Waals surface area contributed by atoms with E-state index in [0.717, 1.165) is 18.5 Å². The molecule has 2 rings (SSSR count). The minimum Gasteiger partial charge on any atom is -0.314 e. The van der Waals surface area contributed by atoms with E-state index in [9.17, 15) is 4.39 Å². The van der Waals surface area contributed by atoms with Gasteiger partial charge in [0.25, 0.3) is 0 Å². The van der Waals surface area contributed by atoms with Gasteiger partial charge in [-0.25, -0.2) is 4.39 Å². The van der Waals surface area contributed by atoms with Crippen LogP contribution in [-0.2, 0) is 5.41 Å². The normalized spacial score (nSPS) is 32.9. The first-order valence-electron chi connectivity index (χ1n) is 5.14. The smallest absolute Gasteiger partial charge is 0.122 e. The van der Waals surface area contributed by atoms with Crippen molar-refractivity contribution in [2.75, 3.05) is 13.1 Å². The summed E-state index contributed by atoms with van der Waals surface area (Å²) in [5.41, 5.74) is 0.820. The van der Waals surface area contributed by atoms with Gasteiger partial charge in [0.2, 0.25) is 0 Å². The Kier molecular flexibility index (Phi) is 2.55. The lowest BCUT2D eigenvalue weighted by Gasteiger charge is -2.37. The van der Waals surface area contributed by atoms with Crippen molar-refractivity contribution in [1.82, 2.24) is 5.32 Å². The number of hydrogen-bond acceptors (Lipinski definition) is 1. The lowest BCUT2D eigenvalue weighted by Crippen LogP contribution is -2.47. The van der Waals surface area contributed by atoms with E-state index in [0.29, 0.717) is 6.54 Å². The van der Waals surface area contributed by atoms with Crippen molar-refractivity contribution in [2.24, 2.45) is 0 Å². The van der Waals surface area contributed by atoms with Crippen molar-refractivity contribution in [3.05, 3.63) is 35.9 Å². The molecule has 0 unspecified atom stereocenters. The molecule has 1 nitrogen and oxygen atoms in total. The molecular weight excluding hydrogens is 177 g/mol. The number of hydrogen-bond donors (Lipinski definition) is 1. The van der Waals surface area contributed by atoms with E-state index in [-0.39, 0.29) is 5.41 Å². The quantitative estimate of drug-likeness (QED) is 0.721. The van der Waals surface area contributed by atoms with Gasteiger partial charge < -0.3 is 5.32 Å². The maximum absolute atomic E-state index is 13.9. The lowest BCUT2D eigenvalue weighted by atomic mass is 9.74. The Hall–Kier alpha value is -0.890. The highest BCUT2D eigenvalue weighted by Crippen LogP contribution is 2.34. The average Bonchev–Trinajstić information content (AvgIpc) is 2.24. The third kappa shape index (κ3) is 1.55. The molecular formula is C12H16FN. The van der Waals surface area contributed by atoms with E-state index in [1.54, 1.807) is 0 Å². The van der Waals surface area contributed by atoms with E-state index in [1.165, 1.54) is 0 Å². The summed E-state index contributed by atoms with van der Waals surface area (Å²) >= 11 is 0. The fourth-order valence-electron chi connectivity index (χ4n) is 2.10. The van der Waals surface area contributed by atoms with Crippen molar-refractivity contribution in [3.8, 4) is 0 Å². The predicted octanol–water partition coefficient (Wildman–Crippen LogP) is 2.28. The van der Waals surface area contributed by atoms with Crippen LogP contribution in [0.15, 0.2) is 30.3 Å². The van der Waals surface area contributed by atoms with Crippen LogP contribution < -0.4 is 5.32 Å². The third-order valence-electron chi connectivity index (χ3n) is 3.27. The highest BCUT2D eigenvalue weighted by atomic mass is 19.1. The Morgan fingerprint density at radius 2 is 2.07 bits per heavy atom. The fraction of sp³-hybridized carbons (Fsp3) is 0.500. The topological polar surface area (TPSA) is 12.0 Å². The largest absolute Gasteiger partial charge is 0.314 e. The van der Waals surface area contributed by atoms with Crippen LogP contribution in [0.3, 0.4) is 0 Å². The van der Waals surface area contributed by atoms with Gasteiger partial charge in [-0.15, -0.1) is 0 Å². The van der Waals surface area contributed by atoms with Gasteiger partial charge in [0, 0.05) is 12.0 Å². The van der Waals surface area contributed by atoms with Crippen LogP contribution in [-0.4, -0.2) is 19.3 Å². The Morgan fingerprint density at radius 3 is 2.71 bits per heavy atom. The molecule has 1 aromatic rings. The lowest BCUT2D eigenvalue weighted by molar-refractivity contribution is 0.155. The van der Waals surface area contributed by atoms with Gasteiger partial charge in [0.1, 0.15) is 6.17 Å². The zero-order valence-electron chi connectivity index (χ0n) is 8.46. The van der Waals surface area contributed by atoms with Crippen LogP contribution in [0.2, 0.25) is 0 Å². The molecule has 14 heavy (non-hydrogen) atoms. The van der Waals surface area contributed by atoms with Crippen LogP contribution >= 0.6 is 0 Å². The second-order valence-electron chi connectivity index (χ2n) is 4.21. The van der Waals surface area contributed by atoms with Gasteiger partial charge in [-0.05, 0) is 18.5 Å². The molecule has 0 spiro atoms. The van der Waals surface area contributed by atoms with E-state index < -0.39 is 6.17 Å². The van der Waals surface area contributed by atoms with Gasteiger partial charge in [0.15, 0.2) is 0 Å². The Balaban J connectivity index is 2.30. The van der Waals surface area contributed by atoms with Gasteiger partial charge >= 0.3 is 0 Å². The highest BCUT2D eigenvalue weighted by molar-refractivity contribution is 5.27. The summed E-state index contributed by atoms with van der Waals surface area (Å²) in [6.45, 7) is 3.41. The number of alkyl halides is 1. The van der Waals surface area contributed by atoms with E-state index in [2.05, 4.69) is 5.32 Å². The Morgan fingerprint density at radius 1 is 1.36 bits per heavy atom. The van der Waals surface area contributed by atoms with E-state index >= 15 is 0 Å². The van der Waals surface area contributed by atoms with E-state index in [4.69, 9.17) is 0 Å². The first-order chi connectivity index (χ1) is 6.73. The average molecular weight is 193 g/mol. The number of rotatable bonds is 1. The molecule has 1 aliphatic heterocycles. The second-order valence-corrected chi connectivity index (χ2v) is 4.21. The van der Waals surface area contributed by atoms with Crippen molar-refractivity contribution < 1.29 is 4.39 Å². The maximum atomic E-state index is 13.9. The van der Waals surface area contributed by atoms with Crippen molar-refractivity contribution in [1.29, 1.82) is 0 Å². The molecule has 0 bridgehead atoms. The minimum atomic E-state index is -0.779. The number of nitrogens with one attached hydrogen (secondary N) is 1. The number of halogens is 1. The summed E-state index contributed by atoms with van der Waals surface area (Å²) in [5.74, 6) is 0. The van der Waals surface area contributed by atoms with Gasteiger partial charge in [0.05, 0.1) is 0 Å². The molecule has 0 radical (unpaired) electrons. The molecule has 1 aromatic carbocycles. The predicted molar refractivity (Wildman–Crippen MR) is 56.2 cm³/mol. The summed E-state index contributed by atoms with van der Waals surface area (Å²) in [5, 5.41) is 3.08. The zero-order valence-corrected chi connectivity index (χ0v) is 8.46. The van der Waals surface area contributed by atoms with Crippen LogP contribution in [0.5, 0.6) is 0 Å². The molecule has 0 aliphatic carbocycles. The Labute approximate surface area is 84.3 Å². The monoisotopic (exact) mass is 193 g/mol. The molecule has 2 atom stereocenters. The molecule has 2 heteroatoms. The SMILES string of the molecule is C[C@]1(c2ccccc2)CCNC[C@@H]1F. The van der Waals surface area contributed by atoms with E-state index in [1.807, 2.05) is 37.3 Å². The standard InChI is InChI=1S/C12H16FN/c1-12(7-8-14-9-11(12)13)10-5-3-2-4-6-10/h2-6,11,14H,7-9H2,1H3/t11-,12+/m0/s1. The molecule has 1 fully saturated rings. The molecule has 0 amide bonds. The van der Waals surface area contributed by atoms with Crippen LogP contribution in [0.1, 0.15) is 18.9 Å². The maximum Gasteiger partial charge on any atom is 0.122 e. The number of piperidine rings is 1. The minimum absolute atomic E-state index is 0.299. The van der Waals surface area contributed by atoms with Gasteiger partial charge in [-0.1, -0.05) is 37.3 Å². The van der Waals surface area contributed by atoms with Crippen LogP contribution in [0, 0.1) is 0 Å². The third-order valence-corrected chi connectivity index (χ3v) is 3.27. The molecule has 1 heterocycles. The molecule has 0 saturated carbocycles. The summed E-state index contributed by atoms with van der Waals surface area (Å²) in [7, 11) is 0. The fourth-order valence-corrected chi connectivity index (χ4v) is 2.10. The Bertz CT molecular complexity index is 298. The molecule has 76 valence electrons. The first kappa shape index (κ1) is 9.66. The second kappa shape index (κ2) is 3.70.